The molecule has 16 heavy (non-hydrogen) atoms. The number of rotatable bonds is 3. The molecule has 0 radical (unpaired) electrons. The minimum atomic E-state index is -0.384. The number of benzene rings is 1. The third-order valence-corrected chi connectivity index (χ3v) is 2.81. The van der Waals surface area contributed by atoms with Gasteiger partial charge in [0.1, 0.15) is 11.0 Å². The molecule has 1 rings (SSSR count). The molecule has 0 aliphatic carbocycles. The zero-order valence-electron chi connectivity index (χ0n) is 9.11. The molecule has 0 aliphatic rings. The van der Waals surface area contributed by atoms with Crippen molar-refractivity contribution in [3.05, 3.63) is 34.9 Å². The summed E-state index contributed by atoms with van der Waals surface area (Å²) < 4.78 is 0. The maximum Gasteiger partial charge on any atom is 0.220 e. The third-order valence-electron chi connectivity index (χ3n) is 2.34. The number of carbonyl (C=O) groups is 1. The van der Waals surface area contributed by atoms with Gasteiger partial charge in [-0.3, -0.25) is 4.79 Å². The minimum absolute atomic E-state index is 0.0900. The highest BCUT2D eigenvalue weighted by Crippen LogP contribution is 2.21. The first kappa shape index (κ1) is 12.9. The average Bonchev–Trinajstić information content (AvgIpc) is 2.20. The molecular weight excluding hydrogens is 244 g/mol. The lowest BCUT2D eigenvalue weighted by Crippen LogP contribution is -2.36. The van der Waals surface area contributed by atoms with Gasteiger partial charge in [0.25, 0.3) is 0 Å². The summed E-state index contributed by atoms with van der Waals surface area (Å²) in [5, 5.41) is 0.635. The van der Waals surface area contributed by atoms with Gasteiger partial charge in [-0.25, -0.2) is 0 Å². The fourth-order valence-corrected chi connectivity index (χ4v) is 1.83. The van der Waals surface area contributed by atoms with Crippen LogP contribution in [0, 0.1) is 0 Å². The Balaban J connectivity index is 3.07. The van der Waals surface area contributed by atoms with Gasteiger partial charge in [-0.15, -0.1) is 0 Å². The van der Waals surface area contributed by atoms with Crippen LogP contribution in [-0.2, 0) is 4.79 Å². The first-order chi connectivity index (χ1) is 7.43. The number of thiocarbonyl (C=S) groups is 1. The van der Waals surface area contributed by atoms with E-state index < -0.39 is 0 Å². The van der Waals surface area contributed by atoms with Gasteiger partial charge in [0.15, 0.2) is 0 Å². The van der Waals surface area contributed by atoms with Crippen molar-refractivity contribution >= 4 is 34.7 Å². The largest absolute Gasteiger partial charge is 0.391 e. The lowest BCUT2D eigenvalue weighted by molar-refractivity contribution is -0.128. The van der Waals surface area contributed by atoms with E-state index in [0.717, 1.165) is 5.56 Å². The van der Waals surface area contributed by atoms with Crippen LogP contribution in [-0.4, -0.2) is 22.8 Å². The van der Waals surface area contributed by atoms with Crippen molar-refractivity contribution < 1.29 is 4.79 Å². The SMILES string of the molecule is CC(=O)N(C)C(C(N)=S)c1ccc(Cl)cc1. The van der Waals surface area contributed by atoms with E-state index >= 15 is 0 Å². The number of likely N-dealkylation sites (N-methyl/N-ethyl adjacent to an activating group) is 1. The molecule has 0 saturated carbocycles. The summed E-state index contributed by atoms with van der Waals surface area (Å²) >= 11 is 10.8. The van der Waals surface area contributed by atoms with Crippen molar-refractivity contribution in [2.45, 2.75) is 13.0 Å². The quantitative estimate of drug-likeness (QED) is 0.843. The number of hydrogen-bond acceptors (Lipinski definition) is 2. The first-order valence-corrected chi connectivity index (χ1v) is 5.50. The predicted octanol–water partition coefficient (Wildman–Crippen LogP) is 2.15. The molecule has 0 spiro atoms. The van der Waals surface area contributed by atoms with Crippen molar-refractivity contribution in [3.8, 4) is 0 Å². The Morgan fingerprint density at radius 1 is 1.44 bits per heavy atom. The molecule has 0 aromatic heterocycles. The van der Waals surface area contributed by atoms with Crippen LogP contribution < -0.4 is 5.73 Å². The van der Waals surface area contributed by atoms with E-state index in [9.17, 15) is 4.79 Å². The topological polar surface area (TPSA) is 46.3 Å². The molecule has 0 saturated heterocycles. The summed E-state index contributed by atoms with van der Waals surface area (Å²) in [7, 11) is 1.67. The minimum Gasteiger partial charge on any atom is -0.391 e. The standard InChI is InChI=1S/C11H13ClN2OS/c1-7(15)14(2)10(11(13)16)8-3-5-9(12)6-4-8/h3-6,10H,1-2H3,(H2,13,16). The second kappa shape index (κ2) is 5.27. The Bertz CT molecular complexity index is 405. The number of nitrogens with zero attached hydrogens (tertiary/aromatic N) is 1. The van der Waals surface area contributed by atoms with Crippen molar-refractivity contribution in [1.82, 2.24) is 4.90 Å². The Kier molecular flexibility index (Phi) is 4.26. The van der Waals surface area contributed by atoms with Crippen molar-refractivity contribution in [3.63, 3.8) is 0 Å². The van der Waals surface area contributed by atoms with Gasteiger partial charge in [-0.2, -0.15) is 0 Å². The Hall–Kier alpha value is -1.13. The van der Waals surface area contributed by atoms with Crippen molar-refractivity contribution in [2.75, 3.05) is 7.05 Å². The fraction of sp³-hybridized carbons (Fsp3) is 0.273. The molecule has 1 atom stereocenters. The van der Waals surface area contributed by atoms with Crippen LogP contribution in [0.5, 0.6) is 0 Å². The number of nitrogens with two attached hydrogens (primary N) is 1. The summed E-state index contributed by atoms with van der Waals surface area (Å²) in [5.41, 5.74) is 6.51. The van der Waals surface area contributed by atoms with Gasteiger partial charge in [-0.1, -0.05) is 36.0 Å². The van der Waals surface area contributed by atoms with E-state index in [1.54, 1.807) is 19.2 Å². The van der Waals surface area contributed by atoms with Gasteiger partial charge in [0.2, 0.25) is 5.91 Å². The Morgan fingerprint density at radius 3 is 2.31 bits per heavy atom. The molecule has 0 fully saturated rings. The number of amides is 1. The summed E-state index contributed by atoms with van der Waals surface area (Å²) in [6.45, 7) is 1.47. The summed E-state index contributed by atoms with van der Waals surface area (Å²) in [6, 6.07) is 6.73. The predicted molar refractivity (Wildman–Crippen MR) is 69.4 cm³/mol. The number of hydrogen-bond donors (Lipinski definition) is 1. The highest BCUT2D eigenvalue weighted by atomic mass is 35.5. The van der Waals surface area contributed by atoms with E-state index in [0.29, 0.717) is 5.02 Å². The Morgan fingerprint density at radius 2 is 1.94 bits per heavy atom. The number of halogens is 1. The van der Waals surface area contributed by atoms with Gasteiger partial charge in [0.05, 0.1) is 0 Å². The van der Waals surface area contributed by atoms with Gasteiger partial charge in [-0.05, 0) is 17.7 Å². The van der Waals surface area contributed by atoms with Gasteiger partial charge >= 0.3 is 0 Å². The Labute approximate surface area is 105 Å². The summed E-state index contributed by atoms with van der Waals surface area (Å²) in [6.07, 6.45) is 0. The van der Waals surface area contributed by atoms with Crippen LogP contribution in [0.2, 0.25) is 5.02 Å². The maximum atomic E-state index is 11.3. The molecule has 1 amide bonds. The second-order valence-electron chi connectivity index (χ2n) is 3.49. The lowest BCUT2D eigenvalue weighted by atomic mass is 10.1. The van der Waals surface area contributed by atoms with E-state index in [-0.39, 0.29) is 16.9 Å². The van der Waals surface area contributed by atoms with E-state index in [2.05, 4.69) is 0 Å². The van der Waals surface area contributed by atoms with Crippen molar-refractivity contribution in [1.29, 1.82) is 0 Å². The van der Waals surface area contributed by atoms with Gasteiger partial charge in [0, 0.05) is 19.0 Å². The first-order valence-electron chi connectivity index (χ1n) is 4.71. The molecule has 3 nitrogen and oxygen atoms in total. The van der Waals surface area contributed by atoms with Crippen LogP contribution in [0.1, 0.15) is 18.5 Å². The summed E-state index contributed by atoms with van der Waals surface area (Å²) in [4.78, 5) is 13.1. The molecule has 2 N–H and O–H groups in total. The zero-order chi connectivity index (χ0) is 12.3. The molecule has 1 unspecified atom stereocenters. The van der Waals surface area contributed by atoms with Crippen LogP contribution in [0.3, 0.4) is 0 Å². The molecule has 5 heteroatoms. The molecular formula is C11H13ClN2OS. The molecule has 0 aliphatic heterocycles. The molecule has 1 aromatic rings. The van der Waals surface area contributed by atoms with Crippen LogP contribution >= 0.6 is 23.8 Å². The molecule has 1 aromatic carbocycles. The highest BCUT2D eigenvalue weighted by molar-refractivity contribution is 7.80. The normalized spacial score (nSPS) is 11.9. The van der Waals surface area contributed by atoms with Gasteiger partial charge < -0.3 is 10.6 Å². The van der Waals surface area contributed by atoms with Crippen LogP contribution in [0.25, 0.3) is 0 Å². The molecule has 0 heterocycles. The van der Waals surface area contributed by atoms with E-state index in [4.69, 9.17) is 29.6 Å². The second-order valence-corrected chi connectivity index (χ2v) is 4.39. The maximum absolute atomic E-state index is 11.3. The average molecular weight is 257 g/mol. The molecule has 0 bridgehead atoms. The zero-order valence-corrected chi connectivity index (χ0v) is 10.7. The highest BCUT2D eigenvalue weighted by Gasteiger charge is 2.21. The lowest BCUT2D eigenvalue weighted by Gasteiger charge is -2.26. The smallest absolute Gasteiger partial charge is 0.220 e. The monoisotopic (exact) mass is 256 g/mol. The fourth-order valence-electron chi connectivity index (χ4n) is 1.41. The number of carbonyl (C=O) groups excluding carboxylic acids is 1. The van der Waals surface area contributed by atoms with E-state index in [1.165, 1.54) is 11.8 Å². The van der Waals surface area contributed by atoms with Crippen LogP contribution in [0.4, 0.5) is 0 Å². The van der Waals surface area contributed by atoms with E-state index in [1.807, 2.05) is 12.1 Å². The van der Waals surface area contributed by atoms with Crippen molar-refractivity contribution in [2.24, 2.45) is 5.73 Å². The van der Waals surface area contributed by atoms with Crippen LogP contribution in [0.15, 0.2) is 24.3 Å². The third kappa shape index (κ3) is 2.93. The molecule has 86 valence electrons. The summed E-state index contributed by atoms with van der Waals surface area (Å²) in [5.74, 6) is -0.0900.